The number of hydrogen-bond acceptors (Lipinski definition) is 1. The third-order valence-corrected chi connectivity index (χ3v) is 3.95. The molecule has 0 saturated carbocycles. The number of benzene rings is 1. The quantitative estimate of drug-likeness (QED) is 0.757. The van der Waals surface area contributed by atoms with Gasteiger partial charge < -0.3 is 5.32 Å². The van der Waals surface area contributed by atoms with Crippen LogP contribution in [0.1, 0.15) is 43.4 Å². The van der Waals surface area contributed by atoms with Crippen molar-refractivity contribution in [3.63, 3.8) is 0 Å². The van der Waals surface area contributed by atoms with Gasteiger partial charge in [0.1, 0.15) is 0 Å². The summed E-state index contributed by atoms with van der Waals surface area (Å²) in [6.45, 7) is 4.68. The molecule has 0 heterocycles. The highest BCUT2D eigenvalue weighted by molar-refractivity contribution is 9.10. The smallest absolute Gasteiger partial charge is 0.310 e. The molecule has 0 bridgehead atoms. The van der Waals surface area contributed by atoms with Gasteiger partial charge in [0.05, 0.1) is 0 Å². The molecule has 19 heavy (non-hydrogen) atoms. The first kappa shape index (κ1) is 16.5. The van der Waals surface area contributed by atoms with E-state index in [2.05, 4.69) is 21.2 Å². The minimum absolute atomic E-state index is 0.0233. The second-order valence-electron chi connectivity index (χ2n) is 4.57. The van der Waals surface area contributed by atoms with E-state index < -0.39 is 12.6 Å². The van der Waals surface area contributed by atoms with E-state index in [1.807, 2.05) is 32.0 Å². The van der Waals surface area contributed by atoms with Crippen molar-refractivity contribution < 1.29 is 13.2 Å². The van der Waals surface area contributed by atoms with Crippen LogP contribution in [0.3, 0.4) is 0 Å². The van der Waals surface area contributed by atoms with Gasteiger partial charge in [-0.15, -0.1) is 0 Å². The van der Waals surface area contributed by atoms with Gasteiger partial charge in [-0.25, -0.2) is 0 Å². The fraction of sp³-hybridized carbons (Fsp3) is 0.571. The molecule has 0 aliphatic heterocycles. The minimum Gasteiger partial charge on any atom is -0.310 e. The number of nitrogens with one attached hydrogen (secondary N) is 1. The van der Waals surface area contributed by atoms with E-state index >= 15 is 0 Å². The van der Waals surface area contributed by atoms with Crippen LogP contribution in [-0.4, -0.2) is 12.7 Å². The Bertz CT molecular complexity index is 404. The van der Waals surface area contributed by atoms with Crippen molar-refractivity contribution >= 4 is 15.9 Å². The van der Waals surface area contributed by atoms with Crippen LogP contribution in [0.4, 0.5) is 13.2 Å². The Hall–Kier alpha value is -0.550. The van der Waals surface area contributed by atoms with Gasteiger partial charge in [-0.1, -0.05) is 35.0 Å². The zero-order valence-electron chi connectivity index (χ0n) is 11.1. The monoisotopic (exact) mass is 337 g/mol. The first-order valence-electron chi connectivity index (χ1n) is 6.40. The van der Waals surface area contributed by atoms with Crippen LogP contribution in [-0.2, 0) is 0 Å². The summed E-state index contributed by atoms with van der Waals surface area (Å²) in [6, 6.07) is 5.81. The molecule has 0 fully saturated rings. The van der Waals surface area contributed by atoms with Crippen LogP contribution in [0.5, 0.6) is 0 Å². The maximum atomic E-state index is 12.2. The van der Waals surface area contributed by atoms with Gasteiger partial charge in [0.15, 0.2) is 0 Å². The molecule has 0 aliphatic carbocycles. The van der Waals surface area contributed by atoms with E-state index in [1.165, 1.54) is 0 Å². The standard InChI is InChI=1S/C14H19BrF3N/c1-3-19-13(8-5-9-14(16,17)18)11-6-4-7-12(15)10(11)2/h4,6-7,13,19H,3,5,8-9H2,1-2H3. The van der Waals surface area contributed by atoms with Gasteiger partial charge in [-0.3, -0.25) is 0 Å². The Morgan fingerprint density at radius 2 is 2.00 bits per heavy atom. The van der Waals surface area contributed by atoms with Crippen molar-refractivity contribution in [3.8, 4) is 0 Å². The van der Waals surface area contributed by atoms with Crippen LogP contribution < -0.4 is 5.32 Å². The second-order valence-corrected chi connectivity index (χ2v) is 5.43. The highest BCUT2D eigenvalue weighted by Gasteiger charge is 2.27. The minimum atomic E-state index is -4.07. The van der Waals surface area contributed by atoms with Gasteiger partial charge >= 0.3 is 6.18 Å². The van der Waals surface area contributed by atoms with E-state index in [-0.39, 0.29) is 12.5 Å². The molecule has 1 aromatic rings. The molecule has 0 aromatic heterocycles. The summed E-state index contributed by atoms with van der Waals surface area (Å²) in [5.41, 5.74) is 2.15. The SMILES string of the molecule is CCNC(CCCC(F)(F)F)c1cccc(Br)c1C. The van der Waals surface area contributed by atoms with Crippen molar-refractivity contribution in [3.05, 3.63) is 33.8 Å². The molecular formula is C14H19BrF3N. The molecule has 0 aliphatic rings. The molecule has 1 unspecified atom stereocenters. The van der Waals surface area contributed by atoms with Crippen molar-refractivity contribution in [2.45, 2.75) is 45.3 Å². The summed E-state index contributed by atoms with van der Waals surface area (Å²) >= 11 is 3.46. The van der Waals surface area contributed by atoms with Crippen LogP contribution in [0.2, 0.25) is 0 Å². The van der Waals surface area contributed by atoms with E-state index in [9.17, 15) is 13.2 Å². The maximum Gasteiger partial charge on any atom is 0.389 e. The van der Waals surface area contributed by atoms with Gasteiger partial charge in [0.25, 0.3) is 0 Å². The molecule has 0 radical (unpaired) electrons. The molecule has 1 aromatic carbocycles. The van der Waals surface area contributed by atoms with Gasteiger partial charge in [-0.2, -0.15) is 13.2 Å². The van der Waals surface area contributed by atoms with Gasteiger partial charge in [0, 0.05) is 16.9 Å². The Morgan fingerprint density at radius 3 is 2.58 bits per heavy atom. The molecule has 1 atom stereocenters. The van der Waals surface area contributed by atoms with E-state index in [4.69, 9.17) is 0 Å². The summed E-state index contributed by atoms with van der Waals surface area (Å²) in [5.74, 6) is 0. The normalized spacial score (nSPS) is 13.6. The Balaban J connectivity index is 2.74. The lowest BCUT2D eigenvalue weighted by molar-refractivity contribution is -0.135. The third-order valence-electron chi connectivity index (χ3n) is 3.09. The first-order valence-corrected chi connectivity index (χ1v) is 7.19. The zero-order valence-corrected chi connectivity index (χ0v) is 12.7. The van der Waals surface area contributed by atoms with Crippen LogP contribution >= 0.6 is 15.9 Å². The molecule has 0 amide bonds. The average Bonchev–Trinajstić information content (AvgIpc) is 2.30. The lowest BCUT2D eigenvalue weighted by Crippen LogP contribution is -2.22. The Morgan fingerprint density at radius 1 is 1.32 bits per heavy atom. The topological polar surface area (TPSA) is 12.0 Å². The van der Waals surface area contributed by atoms with E-state index in [0.717, 1.165) is 22.1 Å². The Kier molecular flexibility index (Phi) is 6.33. The predicted octanol–water partition coefficient (Wildman–Crippen LogP) is 5.14. The first-order chi connectivity index (χ1) is 8.85. The molecule has 0 saturated heterocycles. The largest absolute Gasteiger partial charge is 0.389 e. The van der Waals surface area contributed by atoms with Crippen LogP contribution in [0.15, 0.2) is 22.7 Å². The zero-order chi connectivity index (χ0) is 14.5. The number of hydrogen-bond donors (Lipinski definition) is 1. The summed E-state index contributed by atoms with van der Waals surface area (Å²) in [4.78, 5) is 0. The molecular weight excluding hydrogens is 319 g/mol. The molecule has 1 N–H and O–H groups in total. The van der Waals surface area contributed by atoms with Gasteiger partial charge in [0.2, 0.25) is 0 Å². The molecule has 1 nitrogen and oxygen atoms in total. The lowest BCUT2D eigenvalue weighted by Gasteiger charge is -2.21. The lowest BCUT2D eigenvalue weighted by atomic mass is 9.96. The number of alkyl halides is 3. The van der Waals surface area contributed by atoms with Crippen LogP contribution in [0, 0.1) is 6.92 Å². The summed E-state index contributed by atoms with van der Waals surface area (Å²) in [7, 11) is 0. The molecule has 0 spiro atoms. The van der Waals surface area contributed by atoms with Crippen molar-refractivity contribution in [2.75, 3.05) is 6.54 Å². The summed E-state index contributed by atoms with van der Waals surface area (Å²) in [5, 5.41) is 3.27. The van der Waals surface area contributed by atoms with E-state index in [1.54, 1.807) is 0 Å². The van der Waals surface area contributed by atoms with E-state index in [0.29, 0.717) is 6.42 Å². The summed E-state index contributed by atoms with van der Waals surface area (Å²) in [6.07, 6.45) is -4.15. The second kappa shape index (κ2) is 7.29. The predicted molar refractivity (Wildman–Crippen MR) is 75.2 cm³/mol. The van der Waals surface area contributed by atoms with Crippen molar-refractivity contribution in [1.29, 1.82) is 0 Å². The number of rotatable bonds is 6. The molecule has 5 heteroatoms. The molecule has 108 valence electrons. The fourth-order valence-corrected chi connectivity index (χ4v) is 2.50. The van der Waals surface area contributed by atoms with Crippen molar-refractivity contribution in [1.82, 2.24) is 5.32 Å². The highest BCUT2D eigenvalue weighted by Crippen LogP contribution is 2.30. The van der Waals surface area contributed by atoms with Gasteiger partial charge in [-0.05, 0) is 43.5 Å². The Labute approximate surface area is 120 Å². The average molecular weight is 338 g/mol. The maximum absolute atomic E-state index is 12.2. The fourth-order valence-electron chi connectivity index (χ4n) is 2.12. The van der Waals surface area contributed by atoms with Crippen molar-refractivity contribution in [2.24, 2.45) is 0 Å². The molecule has 1 rings (SSSR count). The third kappa shape index (κ3) is 5.53. The van der Waals surface area contributed by atoms with Crippen LogP contribution in [0.25, 0.3) is 0 Å². The summed E-state index contributed by atoms with van der Waals surface area (Å²) < 4.78 is 37.6. The highest BCUT2D eigenvalue weighted by atomic mass is 79.9. The number of halogens is 4.